The number of halogens is 1. The van der Waals surface area contributed by atoms with Crippen molar-refractivity contribution in [2.45, 2.75) is 6.42 Å². The highest BCUT2D eigenvalue weighted by Gasteiger charge is 2.08. The van der Waals surface area contributed by atoms with Gasteiger partial charge in [-0.25, -0.2) is 9.97 Å². The highest BCUT2D eigenvalue weighted by atomic mass is 35.5. The van der Waals surface area contributed by atoms with Gasteiger partial charge in [0.1, 0.15) is 17.3 Å². The number of hydrogen-bond donors (Lipinski definition) is 2. The van der Waals surface area contributed by atoms with Crippen LogP contribution in [0.15, 0.2) is 60.9 Å². The van der Waals surface area contributed by atoms with E-state index in [1.54, 1.807) is 19.2 Å². The summed E-state index contributed by atoms with van der Waals surface area (Å²) in [6.07, 6.45) is 3.70. The molecule has 1 aromatic heterocycles. The van der Waals surface area contributed by atoms with Crippen LogP contribution in [0.4, 0.5) is 11.5 Å². The maximum atomic E-state index is 12.2. The first-order valence-electron chi connectivity index (χ1n) is 8.40. The lowest BCUT2D eigenvalue weighted by atomic mass is 10.1. The first-order chi connectivity index (χ1) is 13.2. The number of methoxy groups -OCH3 is 1. The topological polar surface area (TPSA) is 76.1 Å². The monoisotopic (exact) mass is 382 g/mol. The van der Waals surface area contributed by atoms with Gasteiger partial charge in [-0.05, 0) is 30.2 Å². The van der Waals surface area contributed by atoms with Gasteiger partial charge in [-0.1, -0.05) is 41.9 Å². The Hall–Kier alpha value is -3.12. The quantitative estimate of drug-likeness (QED) is 0.649. The van der Waals surface area contributed by atoms with E-state index in [9.17, 15) is 4.79 Å². The molecule has 3 rings (SSSR count). The molecule has 3 aromatic rings. The Morgan fingerprint density at radius 2 is 1.93 bits per heavy atom. The van der Waals surface area contributed by atoms with E-state index in [0.717, 1.165) is 12.1 Å². The predicted octanol–water partition coefficient (Wildman–Crippen LogP) is 3.85. The number of hydrogen-bond acceptors (Lipinski definition) is 5. The summed E-state index contributed by atoms with van der Waals surface area (Å²) in [6.45, 7) is 0.537. The molecule has 1 heterocycles. The molecule has 138 valence electrons. The molecule has 0 aliphatic heterocycles. The van der Waals surface area contributed by atoms with Crippen molar-refractivity contribution in [3.05, 3.63) is 77.2 Å². The van der Waals surface area contributed by atoms with Gasteiger partial charge < -0.3 is 15.4 Å². The molecule has 0 saturated heterocycles. The summed E-state index contributed by atoms with van der Waals surface area (Å²) >= 11 is 6.10. The lowest BCUT2D eigenvalue weighted by molar-refractivity contribution is 0.0949. The van der Waals surface area contributed by atoms with Crippen LogP contribution in [0.3, 0.4) is 0 Å². The number of amides is 1. The molecule has 0 atom stereocenters. The van der Waals surface area contributed by atoms with Gasteiger partial charge in [-0.2, -0.15) is 0 Å². The number of benzene rings is 2. The molecule has 7 heteroatoms. The first-order valence-corrected chi connectivity index (χ1v) is 8.78. The Bertz CT molecular complexity index is 902. The molecule has 0 saturated carbocycles. The van der Waals surface area contributed by atoms with Crippen molar-refractivity contribution in [2.24, 2.45) is 0 Å². The van der Waals surface area contributed by atoms with E-state index in [1.807, 2.05) is 36.4 Å². The van der Waals surface area contributed by atoms with Crippen molar-refractivity contribution >= 4 is 29.0 Å². The molecule has 0 fully saturated rings. The van der Waals surface area contributed by atoms with Crippen LogP contribution in [0.2, 0.25) is 5.02 Å². The summed E-state index contributed by atoms with van der Waals surface area (Å²) in [5, 5.41) is 6.42. The third-order valence-electron chi connectivity index (χ3n) is 3.85. The summed E-state index contributed by atoms with van der Waals surface area (Å²) in [6, 6.07) is 15.3. The zero-order chi connectivity index (χ0) is 19.1. The smallest absolute Gasteiger partial charge is 0.271 e. The normalized spacial score (nSPS) is 10.3. The minimum Gasteiger partial charge on any atom is -0.495 e. The Morgan fingerprint density at radius 3 is 2.59 bits per heavy atom. The Balaban J connectivity index is 1.54. The maximum Gasteiger partial charge on any atom is 0.271 e. The molecule has 2 aromatic carbocycles. The molecule has 6 nitrogen and oxygen atoms in total. The number of carbonyl (C=O) groups excluding carboxylic acids is 1. The average Bonchev–Trinajstić information content (AvgIpc) is 2.69. The van der Waals surface area contributed by atoms with Crippen LogP contribution in [0.1, 0.15) is 16.1 Å². The van der Waals surface area contributed by atoms with Crippen molar-refractivity contribution < 1.29 is 9.53 Å². The molecular weight excluding hydrogens is 364 g/mol. The van der Waals surface area contributed by atoms with E-state index >= 15 is 0 Å². The van der Waals surface area contributed by atoms with Crippen LogP contribution in [-0.4, -0.2) is 29.5 Å². The molecule has 0 aliphatic carbocycles. The Morgan fingerprint density at radius 1 is 1.11 bits per heavy atom. The second kappa shape index (κ2) is 9.00. The van der Waals surface area contributed by atoms with Gasteiger partial charge in [-0.15, -0.1) is 0 Å². The number of nitrogens with zero attached hydrogens (tertiary/aromatic N) is 2. The largest absolute Gasteiger partial charge is 0.495 e. The van der Waals surface area contributed by atoms with E-state index in [2.05, 4.69) is 20.6 Å². The van der Waals surface area contributed by atoms with E-state index in [1.165, 1.54) is 18.0 Å². The highest BCUT2D eigenvalue weighted by Crippen LogP contribution is 2.28. The van der Waals surface area contributed by atoms with E-state index < -0.39 is 0 Å². The number of rotatable bonds is 7. The molecule has 0 spiro atoms. The van der Waals surface area contributed by atoms with E-state index in [4.69, 9.17) is 16.3 Å². The molecule has 0 unspecified atom stereocenters. The van der Waals surface area contributed by atoms with Crippen molar-refractivity contribution in [3.8, 4) is 5.75 Å². The van der Waals surface area contributed by atoms with E-state index in [0.29, 0.717) is 23.1 Å². The molecule has 0 radical (unpaired) electrons. The Labute approximate surface area is 162 Å². The van der Waals surface area contributed by atoms with Gasteiger partial charge in [0.15, 0.2) is 0 Å². The Kier molecular flexibility index (Phi) is 6.22. The SMILES string of the molecule is COc1ccc(Nc2cnc(C(=O)NCCc3ccccc3)cn2)cc1Cl. The zero-order valence-electron chi connectivity index (χ0n) is 14.8. The van der Waals surface area contributed by atoms with Crippen molar-refractivity contribution in [1.82, 2.24) is 15.3 Å². The predicted molar refractivity (Wildman–Crippen MR) is 106 cm³/mol. The van der Waals surface area contributed by atoms with Crippen LogP contribution < -0.4 is 15.4 Å². The van der Waals surface area contributed by atoms with Crippen molar-refractivity contribution in [3.63, 3.8) is 0 Å². The number of carbonyl (C=O) groups is 1. The van der Waals surface area contributed by atoms with Gasteiger partial charge in [0.05, 0.1) is 24.5 Å². The molecule has 2 N–H and O–H groups in total. The van der Waals surface area contributed by atoms with Gasteiger partial charge >= 0.3 is 0 Å². The van der Waals surface area contributed by atoms with Crippen LogP contribution >= 0.6 is 11.6 Å². The second-order valence-corrected chi connectivity index (χ2v) is 6.16. The molecular formula is C20H19ClN4O2. The molecule has 0 aliphatic rings. The highest BCUT2D eigenvalue weighted by molar-refractivity contribution is 6.32. The number of nitrogens with one attached hydrogen (secondary N) is 2. The minimum absolute atomic E-state index is 0.252. The molecule has 1 amide bonds. The number of ether oxygens (including phenoxy) is 1. The summed E-state index contributed by atoms with van der Waals surface area (Å²) < 4.78 is 5.12. The van der Waals surface area contributed by atoms with Crippen LogP contribution in [0, 0.1) is 0 Å². The van der Waals surface area contributed by atoms with Crippen LogP contribution in [0.5, 0.6) is 5.75 Å². The molecule has 0 bridgehead atoms. The molecule has 27 heavy (non-hydrogen) atoms. The summed E-state index contributed by atoms with van der Waals surface area (Å²) in [5.74, 6) is 0.852. The fraction of sp³-hybridized carbons (Fsp3) is 0.150. The van der Waals surface area contributed by atoms with Crippen molar-refractivity contribution in [2.75, 3.05) is 19.0 Å². The van der Waals surface area contributed by atoms with E-state index in [-0.39, 0.29) is 11.6 Å². The van der Waals surface area contributed by atoms with Crippen LogP contribution in [-0.2, 0) is 6.42 Å². The van der Waals surface area contributed by atoms with Gasteiger partial charge in [0.2, 0.25) is 0 Å². The van der Waals surface area contributed by atoms with Gasteiger partial charge in [0.25, 0.3) is 5.91 Å². The summed E-state index contributed by atoms with van der Waals surface area (Å²) in [5.41, 5.74) is 2.18. The fourth-order valence-corrected chi connectivity index (χ4v) is 2.72. The third-order valence-corrected chi connectivity index (χ3v) is 4.15. The standard InChI is InChI=1S/C20H19ClN4O2/c1-27-18-8-7-15(11-16(18)21)25-19-13-23-17(12-24-19)20(26)22-10-9-14-5-3-2-4-6-14/h2-8,11-13H,9-10H2,1H3,(H,22,26)(H,24,25). The first kappa shape index (κ1) is 18.7. The fourth-order valence-electron chi connectivity index (χ4n) is 2.46. The van der Waals surface area contributed by atoms with Gasteiger partial charge in [0, 0.05) is 12.2 Å². The van der Waals surface area contributed by atoms with Crippen molar-refractivity contribution in [1.29, 1.82) is 0 Å². The zero-order valence-corrected chi connectivity index (χ0v) is 15.5. The van der Waals surface area contributed by atoms with Gasteiger partial charge in [-0.3, -0.25) is 4.79 Å². The number of aromatic nitrogens is 2. The third kappa shape index (κ3) is 5.18. The van der Waals surface area contributed by atoms with Crippen LogP contribution in [0.25, 0.3) is 0 Å². The average molecular weight is 383 g/mol. The lowest BCUT2D eigenvalue weighted by Crippen LogP contribution is -2.26. The summed E-state index contributed by atoms with van der Waals surface area (Å²) in [7, 11) is 1.56. The minimum atomic E-state index is -0.252. The number of anilines is 2. The second-order valence-electron chi connectivity index (χ2n) is 5.75. The summed E-state index contributed by atoms with van der Waals surface area (Å²) in [4.78, 5) is 20.5. The maximum absolute atomic E-state index is 12.2. The lowest BCUT2D eigenvalue weighted by Gasteiger charge is -2.09.